The molecule has 5 nitrogen and oxygen atoms in total. The summed E-state index contributed by atoms with van der Waals surface area (Å²) in [7, 11) is 0. The Morgan fingerprint density at radius 3 is 3.13 bits per heavy atom. The topological polar surface area (TPSA) is 58.6 Å². The second kappa shape index (κ2) is 5.18. The Balaban J connectivity index is 1.93. The molecule has 3 heterocycles. The number of anilines is 1. The van der Waals surface area contributed by atoms with E-state index >= 15 is 0 Å². The SMILES string of the molecule is CCOC(=O)C1=CC2CCCN2[C@]12C(=O)Nc1ccc(Br)cc12. The van der Waals surface area contributed by atoms with Gasteiger partial charge < -0.3 is 10.1 Å². The number of esters is 1. The van der Waals surface area contributed by atoms with Crippen molar-refractivity contribution < 1.29 is 14.3 Å². The molecule has 0 radical (unpaired) electrons. The Morgan fingerprint density at radius 1 is 1.52 bits per heavy atom. The third-order valence-electron chi connectivity index (χ3n) is 4.92. The van der Waals surface area contributed by atoms with Crippen LogP contribution in [0.2, 0.25) is 0 Å². The maximum absolute atomic E-state index is 13.0. The number of nitrogens with one attached hydrogen (secondary N) is 1. The van der Waals surface area contributed by atoms with E-state index in [1.807, 2.05) is 24.3 Å². The average Bonchev–Trinajstić information content (AvgIpc) is 3.15. The van der Waals surface area contributed by atoms with Crippen molar-refractivity contribution in [3.8, 4) is 0 Å². The lowest BCUT2D eigenvalue weighted by Gasteiger charge is -2.35. The standard InChI is InChI=1S/C17H17BrN2O3/c1-2-23-15(21)13-9-11-4-3-7-20(11)17(13)12-8-10(18)5-6-14(12)19-16(17)22/h5-6,8-9,11H,2-4,7H2,1H3,(H,19,22)/t11?,17-/m0/s1. The summed E-state index contributed by atoms with van der Waals surface area (Å²) in [5.41, 5.74) is 1.01. The van der Waals surface area contributed by atoms with Crippen molar-refractivity contribution in [1.29, 1.82) is 0 Å². The van der Waals surface area contributed by atoms with Crippen LogP contribution in [0.4, 0.5) is 5.69 Å². The molecular formula is C17H17BrN2O3. The van der Waals surface area contributed by atoms with Gasteiger partial charge in [0.15, 0.2) is 5.54 Å². The summed E-state index contributed by atoms with van der Waals surface area (Å²) in [6.45, 7) is 2.87. The number of nitrogens with zero attached hydrogens (tertiary/aromatic N) is 1. The molecule has 0 aromatic heterocycles. The maximum atomic E-state index is 13.0. The van der Waals surface area contributed by atoms with Crippen molar-refractivity contribution in [2.45, 2.75) is 31.3 Å². The minimum atomic E-state index is -1.05. The average molecular weight is 377 g/mol. The molecule has 0 bridgehead atoms. The van der Waals surface area contributed by atoms with E-state index in [1.165, 1.54) is 0 Å². The van der Waals surface area contributed by atoms with Crippen molar-refractivity contribution in [1.82, 2.24) is 4.90 Å². The monoisotopic (exact) mass is 376 g/mol. The highest BCUT2D eigenvalue weighted by molar-refractivity contribution is 9.10. The summed E-state index contributed by atoms with van der Waals surface area (Å²) in [6, 6.07) is 5.81. The molecule has 1 fully saturated rings. The van der Waals surface area contributed by atoms with E-state index < -0.39 is 11.5 Å². The molecule has 1 aromatic carbocycles. The molecule has 120 valence electrons. The molecule has 3 aliphatic rings. The summed E-state index contributed by atoms with van der Waals surface area (Å²) in [5.74, 6) is -0.556. The third-order valence-corrected chi connectivity index (χ3v) is 5.42. The summed E-state index contributed by atoms with van der Waals surface area (Å²) < 4.78 is 6.13. The van der Waals surface area contributed by atoms with E-state index in [-0.39, 0.29) is 11.9 Å². The molecule has 4 rings (SSSR count). The van der Waals surface area contributed by atoms with Gasteiger partial charge in [0.1, 0.15) is 0 Å². The van der Waals surface area contributed by atoms with E-state index in [4.69, 9.17) is 4.74 Å². The van der Waals surface area contributed by atoms with E-state index in [2.05, 4.69) is 26.1 Å². The third kappa shape index (κ3) is 1.88. The molecule has 0 aliphatic carbocycles. The van der Waals surface area contributed by atoms with E-state index in [9.17, 15) is 9.59 Å². The van der Waals surface area contributed by atoms with Crippen LogP contribution in [-0.2, 0) is 19.9 Å². The zero-order chi connectivity index (χ0) is 16.2. The number of hydrogen-bond donors (Lipinski definition) is 1. The number of carbonyl (C=O) groups excluding carboxylic acids is 2. The first kappa shape index (κ1) is 14.9. The molecule has 1 amide bonds. The Kier molecular flexibility index (Phi) is 3.35. The van der Waals surface area contributed by atoms with E-state index in [0.717, 1.165) is 35.1 Å². The first-order chi connectivity index (χ1) is 11.1. The molecule has 1 N–H and O–H groups in total. The van der Waals surface area contributed by atoms with Crippen molar-refractivity contribution in [2.75, 3.05) is 18.5 Å². The fourth-order valence-electron chi connectivity index (χ4n) is 4.09. The quantitative estimate of drug-likeness (QED) is 0.805. The summed E-state index contributed by atoms with van der Waals surface area (Å²) in [6.07, 6.45) is 3.91. The van der Waals surface area contributed by atoms with E-state index in [1.54, 1.807) is 6.92 Å². The van der Waals surface area contributed by atoms with Gasteiger partial charge >= 0.3 is 5.97 Å². The summed E-state index contributed by atoms with van der Waals surface area (Å²) >= 11 is 3.48. The van der Waals surface area contributed by atoms with Crippen molar-refractivity contribution in [3.05, 3.63) is 39.9 Å². The number of ether oxygens (including phenoxy) is 1. The first-order valence-corrected chi connectivity index (χ1v) is 8.66. The van der Waals surface area contributed by atoms with Crippen LogP contribution in [0.25, 0.3) is 0 Å². The smallest absolute Gasteiger partial charge is 0.336 e. The minimum absolute atomic E-state index is 0.116. The van der Waals surface area contributed by atoms with Crippen LogP contribution >= 0.6 is 15.9 Å². The van der Waals surface area contributed by atoms with Gasteiger partial charge in [-0.15, -0.1) is 0 Å². The molecule has 1 aromatic rings. The predicted octanol–water partition coefficient (Wildman–Crippen LogP) is 2.56. The lowest BCUT2D eigenvalue weighted by molar-refractivity contribution is -0.142. The van der Waals surface area contributed by atoms with Gasteiger partial charge in [-0.1, -0.05) is 22.0 Å². The van der Waals surface area contributed by atoms with Crippen LogP contribution in [0.15, 0.2) is 34.3 Å². The number of amides is 1. The van der Waals surface area contributed by atoms with Crippen molar-refractivity contribution in [2.24, 2.45) is 0 Å². The van der Waals surface area contributed by atoms with Gasteiger partial charge in [0.25, 0.3) is 5.91 Å². The second-order valence-electron chi connectivity index (χ2n) is 6.06. The number of hydrogen-bond acceptors (Lipinski definition) is 4. The van der Waals surface area contributed by atoms with Crippen molar-refractivity contribution in [3.63, 3.8) is 0 Å². The van der Waals surface area contributed by atoms with Gasteiger partial charge in [-0.25, -0.2) is 4.79 Å². The summed E-state index contributed by atoms with van der Waals surface area (Å²) in [4.78, 5) is 27.7. The summed E-state index contributed by atoms with van der Waals surface area (Å²) in [5, 5.41) is 2.95. The van der Waals surface area contributed by atoms with Crippen LogP contribution in [0.5, 0.6) is 0 Å². The van der Waals surface area contributed by atoms with Gasteiger partial charge in [0, 0.05) is 28.3 Å². The highest BCUT2D eigenvalue weighted by atomic mass is 79.9. The fraction of sp³-hybridized carbons (Fsp3) is 0.412. The Morgan fingerprint density at radius 2 is 2.35 bits per heavy atom. The van der Waals surface area contributed by atoms with Gasteiger partial charge in [0.05, 0.1) is 12.2 Å². The maximum Gasteiger partial charge on any atom is 0.336 e. The highest BCUT2D eigenvalue weighted by Crippen LogP contribution is 2.53. The van der Waals surface area contributed by atoms with Gasteiger partial charge in [-0.3, -0.25) is 9.69 Å². The molecule has 0 saturated carbocycles. The van der Waals surface area contributed by atoms with Crippen molar-refractivity contribution >= 4 is 33.5 Å². The lowest BCUT2D eigenvalue weighted by Crippen LogP contribution is -2.51. The number of fused-ring (bicyclic) bond motifs is 4. The molecule has 1 unspecified atom stereocenters. The van der Waals surface area contributed by atoms with Crippen LogP contribution in [0.3, 0.4) is 0 Å². The van der Waals surface area contributed by atoms with Crippen LogP contribution < -0.4 is 5.32 Å². The zero-order valence-electron chi connectivity index (χ0n) is 12.8. The predicted molar refractivity (Wildman–Crippen MR) is 88.9 cm³/mol. The molecule has 2 atom stereocenters. The Bertz CT molecular complexity index is 745. The van der Waals surface area contributed by atoms with Gasteiger partial charge in [-0.2, -0.15) is 0 Å². The molecule has 6 heteroatoms. The highest BCUT2D eigenvalue weighted by Gasteiger charge is 2.61. The van der Waals surface area contributed by atoms with Crippen LogP contribution in [0.1, 0.15) is 25.3 Å². The second-order valence-corrected chi connectivity index (χ2v) is 6.97. The number of carbonyl (C=O) groups is 2. The van der Waals surface area contributed by atoms with Gasteiger partial charge in [0.2, 0.25) is 0 Å². The van der Waals surface area contributed by atoms with E-state index in [0.29, 0.717) is 12.2 Å². The number of halogens is 1. The zero-order valence-corrected chi connectivity index (χ0v) is 14.4. The molecule has 23 heavy (non-hydrogen) atoms. The Hall–Kier alpha value is -1.66. The van der Waals surface area contributed by atoms with Gasteiger partial charge in [-0.05, 0) is 38.0 Å². The molecular weight excluding hydrogens is 360 g/mol. The largest absolute Gasteiger partial charge is 0.463 e. The molecule has 1 spiro atoms. The normalized spacial score (nSPS) is 28.5. The molecule has 3 aliphatic heterocycles. The lowest BCUT2D eigenvalue weighted by atomic mass is 9.84. The van der Waals surface area contributed by atoms with Crippen LogP contribution in [0, 0.1) is 0 Å². The van der Waals surface area contributed by atoms with Crippen LogP contribution in [-0.4, -0.2) is 36.0 Å². The number of benzene rings is 1. The Labute approximate surface area is 142 Å². The first-order valence-electron chi connectivity index (χ1n) is 7.86. The fourth-order valence-corrected chi connectivity index (χ4v) is 4.45. The minimum Gasteiger partial charge on any atom is -0.463 e. The molecule has 1 saturated heterocycles. The number of rotatable bonds is 2.